The van der Waals surface area contributed by atoms with Crippen LogP contribution in [0.15, 0.2) is 72.9 Å². The molecule has 0 amide bonds. The molecule has 0 bridgehead atoms. The molecule has 4 aromatic rings. The molecule has 0 saturated carbocycles. The minimum Gasteiger partial charge on any atom is -0.492 e. The summed E-state index contributed by atoms with van der Waals surface area (Å²) >= 11 is 0. The second-order valence-corrected chi connectivity index (χ2v) is 6.21. The molecule has 3 heterocycles. The highest BCUT2D eigenvalue weighted by Gasteiger charge is 2.10. The van der Waals surface area contributed by atoms with E-state index in [4.69, 9.17) is 18.1 Å². The first-order valence-electron chi connectivity index (χ1n) is 8.57. The molecular weight excluding hydrogens is 348 g/mol. The van der Waals surface area contributed by atoms with Crippen LogP contribution in [-0.4, -0.2) is 17.8 Å². The number of benzene rings is 1. The smallest absolute Gasteiger partial charge is 0.336 e. The highest BCUT2D eigenvalue weighted by atomic mass is 16.5. The van der Waals surface area contributed by atoms with Gasteiger partial charge >= 0.3 is 5.63 Å². The molecule has 1 unspecified atom stereocenters. The summed E-state index contributed by atoms with van der Waals surface area (Å²) in [5.74, 6) is 1.89. The number of rotatable bonds is 7. The van der Waals surface area contributed by atoms with E-state index < -0.39 is 0 Å². The Morgan fingerprint density at radius 1 is 1.15 bits per heavy atom. The van der Waals surface area contributed by atoms with Gasteiger partial charge in [0, 0.05) is 36.2 Å². The normalized spacial score (nSPS) is 12.3. The van der Waals surface area contributed by atoms with E-state index in [-0.39, 0.29) is 11.7 Å². The fourth-order valence-corrected chi connectivity index (χ4v) is 2.62. The minimum absolute atomic E-state index is 0.0761. The quantitative estimate of drug-likeness (QED) is 0.500. The second kappa shape index (κ2) is 7.51. The molecule has 1 aromatic carbocycles. The van der Waals surface area contributed by atoms with Gasteiger partial charge in [-0.1, -0.05) is 5.16 Å². The average Bonchev–Trinajstić information content (AvgIpc) is 3.35. The first-order valence-corrected chi connectivity index (χ1v) is 8.57. The predicted octanol–water partition coefficient (Wildman–Crippen LogP) is 3.60. The largest absolute Gasteiger partial charge is 0.492 e. The molecule has 0 aliphatic heterocycles. The van der Waals surface area contributed by atoms with E-state index in [1.54, 1.807) is 24.5 Å². The molecule has 138 valence electrons. The van der Waals surface area contributed by atoms with Gasteiger partial charge in [0.1, 0.15) is 17.9 Å². The Morgan fingerprint density at radius 2 is 2.04 bits per heavy atom. The molecule has 3 aromatic heterocycles. The highest BCUT2D eigenvalue weighted by molar-refractivity contribution is 5.77. The molecule has 1 atom stereocenters. The molecule has 0 radical (unpaired) electrons. The maximum Gasteiger partial charge on any atom is 0.336 e. The Morgan fingerprint density at radius 3 is 2.89 bits per heavy atom. The Kier molecular flexibility index (Phi) is 4.76. The van der Waals surface area contributed by atoms with E-state index in [9.17, 15) is 4.79 Å². The van der Waals surface area contributed by atoms with Gasteiger partial charge in [-0.2, -0.15) is 0 Å². The number of hydrogen-bond donors (Lipinski definition) is 1. The fraction of sp³-hybridized carbons (Fsp3) is 0.200. The van der Waals surface area contributed by atoms with Gasteiger partial charge in [0.2, 0.25) is 5.76 Å². The average molecular weight is 366 g/mol. The summed E-state index contributed by atoms with van der Waals surface area (Å²) < 4.78 is 21.5. The van der Waals surface area contributed by atoms with Crippen molar-refractivity contribution in [2.45, 2.75) is 19.5 Å². The molecule has 4 rings (SSSR count). The van der Waals surface area contributed by atoms with Crippen molar-refractivity contribution in [2.75, 3.05) is 6.61 Å². The summed E-state index contributed by atoms with van der Waals surface area (Å²) in [6, 6.07) is 14.1. The lowest BCUT2D eigenvalue weighted by molar-refractivity contribution is 0.271. The van der Waals surface area contributed by atoms with Crippen LogP contribution >= 0.6 is 0 Å². The van der Waals surface area contributed by atoms with Crippen molar-refractivity contribution in [3.63, 3.8) is 0 Å². The molecule has 0 saturated heterocycles. The first kappa shape index (κ1) is 17.1. The van der Waals surface area contributed by atoms with Crippen molar-refractivity contribution < 1.29 is 18.1 Å². The van der Waals surface area contributed by atoms with Crippen LogP contribution in [0.2, 0.25) is 0 Å². The van der Waals surface area contributed by atoms with Gasteiger partial charge in [-0.15, -0.1) is 0 Å². The van der Waals surface area contributed by atoms with Crippen LogP contribution in [0.25, 0.3) is 22.5 Å². The van der Waals surface area contributed by atoms with Crippen LogP contribution in [0, 0.1) is 0 Å². The van der Waals surface area contributed by atoms with Gasteiger partial charge in [-0.25, -0.2) is 4.79 Å². The number of nitrogens with zero attached hydrogens (tertiary/aromatic N) is 1. The maximum absolute atomic E-state index is 11.3. The van der Waals surface area contributed by atoms with Crippen LogP contribution < -0.4 is 15.7 Å². The lowest BCUT2D eigenvalue weighted by atomic mass is 10.2. The molecule has 7 nitrogen and oxygen atoms in total. The standard InChI is InChI=1S/C20H18N2O5/c1-13(21-11-15-9-19(27-22-15)17-3-2-8-24-17)12-25-16-6-4-14-5-7-20(23)26-18(14)10-16/h2-10,13,21H,11-12H2,1H3. The zero-order chi connectivity index (χ0) is 18.6. The molecule has 0 spiro atoms. The van der Waals surface area contributed by atoms with Crippen LogP contribution in [-0.2, 0) is 6.54 Å². The van der Waals surface area contributed by atoms with Gasteiger partial charge in [-0.3, -0.25) is 0 Å². The predicted molar refractivity (Wildman–Crippen MR) is 98.5 cm³/mol. The lowest BCUT2D eigenvalue weighted by Gasteiger charge is -2.14. The summed E-state index contributed by atoms with van der Waals surface area (Å²) in [5, 5.41) is 8.20. The molecule has 7 heteroatoms. The van der Waals surface area contributed by atoms with Gasteiger partial charge in [0.05, 0.1) is 12.0 Å². The van der Waals surface area contributed by atoms with E-state index in [0.717, 1.165) is 11.1 Å². The van der Waals surface area contributed by atoms with Gasteiger partial charge in [0.15, 0.2) is 5.76 Å². The van der Waals surface area contributed by atoms with Crippen molar-refractivity contribution >= 4 is 11.0 Å². The molecule has 1 N–H and O–H groups in total. The summed E-state index contributed by atoms with van der Waals surface area (Å²) in [7, 11) is 0. The number of hydrogen-bond acceptors (Lipinski definition) is 7. The van der Waals surface area contributed by atoms with Gasteiger partial charge in [-0.05, 0) is 37.3 Å². The number of fused-ring (bicyclic) bond motifs is 1. The Balaban J connectivity index is 1.31. The molecule has 27 heavy (non-hydrogen) atoms. The molecular formula is C20H18N2O5. The van der Waals surface area contributed by atoms with Gasteiger partial charge in [0.25, 0.3) is 0 Å². The van der Waals surface area contributed by atoms with Crippen molar-refractivity contribution in [1.82, 2.24) is 10.5 Å². The molecule has 0 aliphatic rings. The lowest BCUT2D eigenvalue weighted by Crippen LogP contribution is -2.31. The Bertz CT molecular complexity index is 1080. The number of ether oxygens (including phenoxy) is 1. The van der Waals surface area contributed by atoms with Crippen molar-refractivity contribution in [1.29, 1.82) is 0 Å². The Hall–Kier alpha value is -3.32. The summed E-state index contributed by atoms with van der Waals surface area (Å²) in [5.41, 5.74) is 0.908. The third kappa shape index (κ3) is 4.09. The van der Waals surface area contributed by atoms with Crippen molar-refractivity contribution in [3.8, 4) is 17.3 Å². The third-order valence-electron chi connectivity index (χ3n) is 4.05. The number of furan rings is 1. The summed E-state index contributed by atoms with van der Waals surface area (Å²) in [6.45, 7) is 3.00. The number of aromatic nitrogens is 1. The van der Waals surface area contributed by atoms with E-state index in [1.807, 2.05) is 31.2 Å². The van der Waals surface area contributed by atoms with Crippen LogP contribution in [0.3, 0.4) is 0 Å². The van der Waals surface area contributed by atoms with E-state index >= 15 is 0 Å². The van der Waals surface area contributed by atoms with Crippen LogP contribution in [0.5, 0.6) is 5.75 Å². The first-order chi connectivity index (χ1) is 13.2. The summed E-state index contributed by atoms with van der Waals surface area (Å²) in [4.78, 5) is 11.3. The highest BCUT2D eigenvalue weighted by Crippen LogP contribution is 2.21. The number of nitrogens with one attached hydrogen (secondary N) is 1. The van der Waals surface area contributed by atoms with E-state index in [2.05, 4.69) is 10.5 Å². The minimum atomic E-state index is -0.379. The van der Waals surface area contributed by atoms with E-state index in [0.29, 0.717) is 36.0 Å². The monoisotopic (exact) mass is 366 g/mol. The van der Waals surface area contributed by atoms with E-state index in [1.165, 1.54) is 6.07 Å². The summed E-state index contributed by atoms with van der Waals surface area (Å²) in [6.07, 6.45) is 1.59. The third-order valence-corrected chi connectivity index (χ3v) is 4.05. The van der Waals surface area contributed by atoms with Crippen molar-refractivity contribution in [2.24, 2.45) is 0 Å². The van der Waals surface area contributed by atoms with Crippen LogP contribution in [0.1, 0.15) is 12.6 Å². The van der Waals surface area contributed by atoms with Gasteiger partial charge < -0.3 is 23.4 Å². The molecule has 0 aliphatic carbocycles. The SMILES string of the molecule is CC(COc1ccc2ccc(=O)oc2c1)NCc1cc(-c2ccco2)on1. The maximum atomic E-state index is 11.3. The second-order valence-electron chi connectivity index (χ2n) is 6.21. The zero-order valence-corrected chi connectivity index (χ0v) is 14.7. The van der Waals surface area contributed by atoms with Crippen molar-refractivity contribution in [3.05, 3.63) is 70.9 Å². The fourth-order valence-electron chi connectivity index (χ4n) is 2.62. The van der Waals surface area contributed by atoms with Crippen LogP contribution in [0.4, 0.5) is 0 Å². The molecule has 0 fully saturated rings. The topological polar surface area (TPSA) is 90.6 Å². The Labute approximate surface area is 154 Å². The zero-order valence-electron chi connectivity index (χ0n) is 14.7.